The van der Waals surface area contributed by atoms with E-state index in [1.165, 1.54) is 23.6 Å². The lowest BCUT2D eigenvalue weighted by Crippen LogP contribution is -2.38. The van der Waals surface area contributed by atoms with Crippen molar-refractivity contribution < 1.29 is 10.0 Å². The third-order valence-corrected chi connectivity index (χ3v) is 5.51. The van der Waals surface area contributed by atoms with Crippen molar-refractivity contribution in [3.8, 4) is 0 Å². The molecule has 0 spiro atoms. The van der Waals surface area contributed by atoms with Crippen molar-refractivity contribution >= 4 is 17.5 Å². The summed E-state index contributed by atoms with van der Waals surface area (Å²) in [6.45, 7) is 10.5. The summed E-state index contributed by atoms with van der Waals surface area (Å²) in [5, 5.41) is 12.3. The van der Waals surface area contributed by atoms with Gasteiger partial charge in [-0.05, 0) is 50.1 Å². The summed E-state index contributed by atoms with van der Waals surface area (Å²) >= 11 is 0. The van der Waals surface area contributed by atoms with Gasteiger partial charge in [0.1, 0.15) is 0 Å². The molecule has 3 rings (SSSR count). The van der Waals surface area contributed by atoms with Crippen molar-refractivity contribution in [2.24, 2.45) is 5.92 Å². The first-order valence-corrected chi connectivity index (χ1v) is 10.4. The molecule has 30 heavy (non-hydrogen) atoms. The lowest BCUT2D eigenvalue weighted by molar-refractivity contribution is 0.0705. The number of nitrogens with zero attached hydrogens (tertiary/aromatic N) is 4. The summed E-state index contributed by atoms with van der Waals surface area (Å²) in [5.41, 5.74) is 4.30. The van der Waals surface area contributed by atoms with Crippen LogP contribution in [0.5, 0.6) is 0 Å². The maximum atomic E-state index is 11.4. The normalized spacial score (nSPS) is 14.4. The first kappa shape index (κ1) is 21.7. The number of hydrogen-bond acceptors (Lipinski definition) is 7. The van der Waals surface area contributed by atoms with E-state index < -0.39 is 5.91 Å². The summed E-state index contributed by atoms with van der Waals surface area (Å²) in [6.07, 6.45) is 6.86. The number of piperidine rings is 1. The zero-order chi connectivity index (χ0) is 21.3. The molecule has 1 aromatic heterocycles. The van der Waals surface area contributed by atoms with Gasteiger partial charge in [-0.15, -0.1) is 0 Å². The molecule has 2 heterocycles. The van der Waals surface area contributed by atoms with Crippen LogP contribution >= 0.6 is 0 Å². The molecule has 1 aliphatic heterocycles. The quantitative estimate of drug-likeness (QED) is 0.432. The number of carbonyl (C=O) groups is 1. The minimum absolute atomic E-state index is 0.235. The number of benzene rings is 1. The Morgan fingerprint density at radius 2 is 2.00 bits per heavy atom. The summed E-state index contributed by atoms with van der Waals surface area (Å²) in [6, 6.07) is 8.43. The Morgan fingerprint density at radius 1 is 1.30 bits per heavy atom. The standard InChI is InChI=1S/C22H30N6O2/c1-3-27(4-2)20-8-6-5-7-18(20)14-23-13-17-9-11-28(12-10-17)22-24-15-19(16-25-22)21(29)26-30/h3,5-8,15-17,23,30H,1,4,9-14H2,2H3,(H,26,29). The van der Waals surface area contributed by atoms with Crippen molar-refractivity contribution in [3.63, 3.8) is 0 Å². The maximum absolute atomic E-state index is 11.4. The highest BCUT2D eigenvalue weighted by Crippen LogP contribution is 2.22. The van der Waals surface area contributed by atoms with Crippen LogP contribution in [-0.4, -0.2) is 47.3 Å². The van der Waals surface area contributed by atoms with Gasteiger partial charge in [-0.2, -0.15) is 0 Å². The molecule has 0 saturated carbocycles. The Balaban J connectivity index is 1.47. The number of hydroxylamine groups is 1. The molecule has 1 amide bonds. The fourth-order valence-electron chi connectivity index (χ4n) is 3.75. The van der Waals surface area contributed by atoms with E-state index in [2.05, 4.69) is 62.9 Å². The molecule has 1 saturated heterocycles. The second-order valence-corrected chi connectivity index (χ2v) is 7.37. The van der Waals surface area contributed by atoms with Crippen LogP contribution in [0.25, 0.3) is 0 Å². The monoisotopic (exact) mass is 410 g/mol. The van der Waals surface area contributed by atoms with Crippen LogP contribution in [0.4, 0.5) is 11.6 Å². The minimum Gasteiger partial charge on any atom is -0.349 e. The van der Waals surface area contributed by atoms with E-state index in [-0.39, 0.29) is 5.56 Å². The second kappa shape index (κ2) is 10.7. The number of amides is 1. The van der Waals surface area contributed by atoms with Gasteiger partial charge in [-0.3, -0.25) is 10.0 Å². The predicted octanol–water partition coefficient (Wildman–Crippen LogP) is 2.57. The molecule has 0 atom stereocenters. The molecule has 1 aromatic carbocycles. The smallest absolute Gasteiger partial charge is 0.277 e. The lowest BCUT2D eigenvalue weighted by Gasteiger charge is -2.32. The third kappa shape index (κ3) is 5.34. The molecule has 3 N–H and O–H groups in total. The SMILES string of the molecule is C=CN(CC)c1ccccc1CNCC1CCN(c2ncc(C(=O)NO)cn2)CC1. The molecule has 0 aliphatic carbocycles. The predicted molar refractivity (Wildman–Crippen MR) is 118 cm³/mol. The van der Waals surface area contributed by atoms with E-state index in [1.54, 1.807) is 5.48 Å². The van der Waals surface area contributed by atoms with Crippen molar-refractivity contribution in [1.82, 2.24) is 20.8 Å². The van der Waals surface area contributed by atoms with Crippen LogP contribution in [0.3, 0.4) is 0 Å². The van der Waals surface area contributed by atoms with Crippen LogP contribution in [0.2, 0.25) is 0 Å². The Kier molecular flexibility index (Phi) is 7.75. The fraction of sp³-hybridized carbons (Fsp3) is 0.409. The number of anilines is 2. The average Bonchev–Trinajstić information content (AvgIpc) is 2.81. The number of hydrogen-bond donors (Lipinski definition) is 3. The topological polar surface area (TPSA) is 93.6 Å². The van der Waals surface area contributed by atoms with E-state index in [0.29, 0.717) is 11.9 Å². The van der Waals surface area contributed by atoms with Gasteiger partial charge in [-0.25, -0.2) is 15.4 Å². The Labute approximate surface area is 177 Å². The van der Waals surface area contributed by atoms with Gasteiger partial charge in [0.15, 0.2) is 0 Å². The van der Waals surface area contributed by atoms with Crippen molar-refractivity contribution in [1.29, 1.82) is 0 Å². The highest BCUT2D eigenvalue weighted by atomic mass is 16.5. The fourth-order valence-corrected chi connectivity index (χ4v) is 3.75. The number of para-hydroxylation sites is 1. The molecular weight excluding hydrogens is 380 g/mol. The lowest BCUT2D eigenvalue weighted by atomic mass is 9.97. The van der Waals surface area contributed by atoms with Crippen LogP contribution < -0.4 is 20.6 Å². The second-order valence-electron chi connectivity index (χ2n) is 7.37. The molecule has 160 valence electrons. The minimum atomic E-state index is -0.608. The molecular formula is C22H30N6O2. The van der Waals surface area contributed by atoms with Crippen LogP contribution in [0.1, 0.15) is 35.7 Å². The van der Waals surface area contributed by atoms with E-state index in [9.17, 15) is 4.79 Å². The van der Waals surface area contributed by atoms with Crippen LogP contribution in [0.15, 0.2) is 49.4 Å². The summed E-state index contributed by atoms with van der Waals surface area (Å²) in [5.74, 6) is 0.617. The van der Waals surface area contributed by atoms with Crippen molar-refractivity contribution in [2.75, 3.05) is 36.0 Å². The van der Waals surface area contributed by atoms with Crippen LogP contribution in [-0.2, 0) is 6.54 Å². The van der Waals surface area contributed by atoms with Gasteiger partial charge in [0.2, 0.25) is 5.95 Å². The third-order valence-electron chi connectivity index (χ3n) is 5.51. The van der Waals surface area contributed by atoms with E-state index in [4.69, 9.17) is 5.21 Å². The van der Waals surface area contributed by atoms with Gasteiger partial charge in [-0.1, -0.05) is 24.8 Å². The number of aromatic nitrogens is 2. The molecule has 8 heteroatoms. The highest BCUT2D eigenvalue weighted by Gasteiger charge is 2.21. The molecule has 0 unspecified atom stereocenters. The first-order valence-electron chi connectivity index (χ1n) is 10.4. The zero-order valence-electron chi connectivity index (χ0n) is 17.4. The summed E-state index contributed by atoms with van der Waals surface area (Å²) in [4.78, 5) is 24.2. The highest BCUT2D eigenvalue weighted by molar-refractivity contribution is 5.92. The van der Waals surface area contributed by atoms with Gasteiger partial charge in [0.05, 0.1) is 5.56 Å². The van der Waals surface area contributed by atoms with Gasteiger partial charge in [0.25, 0.3) is 5.91 Å². The Hall–Kier alpha value is -2.97. The van der Waals surface area contributed by atoms with Crippen LogP contribution in [0, 0.1) is 5.92 Å². The van der Waals surface area contributed by atoms with Crippen molar-refractivity contribution in [2.45, 2.75) is 26.3 Å². The molecule has 0 radical (unpaired) electrons. The van der Waals surface area contributed by atoms with Crippen molar-refractivity contribution in [3.05, 3.63) is 60.6 Å². The Bertz CT molecular complexity index is 834. The number of rotatable bonds is 9. The van der Waals surface area contributed by atoms with E-state index >= 15 is 0 Å². The van der Waals surface area contributed by atoms with E-state index in [0.717, 1.165) is 45.6 Å². The first-order chi connectivity index (χ1) is 14.7. The number of nitrogens with one attached hydrogen (secondary N) is 2. The molecule has 2 aromatic rings. The summed E-state index contributed by atoms with van der Waals surface area (Å²) < 4.78 is 0. The van der Waals surface area contributed by atoms with Gasteiger partial charge in [0, 0.05) is 44.3 Å². The van der Waals surface area contributed by atoms with E-state index in [1.807, 2.05) is 6.20 Å². The average molecular weight is 411 g/mol. The molecule has 8 nitrogen and oxygen atoms in total. The number of carbonyl (C=O) groups excluding carboxylic acids is 1. The van der Waals surface area contributed by atoms with Gasteiger partial charge < -0.3 is 15.1 Å². The largest absolute Gasteiger partial charge is 0.349 e. The molecule has 1 aliphatic rings. The maximum Gasteiger partial charge on any atom is 0.277 e. The zero-order valence-corrected chi connectivity index (χ0v) is 17.4. The Morgan fingerprint density at radius 3 is 2.63 bits per heavy atom. The summed E-state index contributed by atoms with van der Waals surface area (Å²) in [7, 11) is 0. The van der Waals surface area contributed by atoms with Gasteiger partial charge >= 0.3 is 0 Å². The molecule has 1 fully saturated rings. The molecule has 0 bridgehead atoms.